The van der Waals surface area contributed by atoms with Gasteiger partial charge in [0.25, 0.3) is 0 Å². The highest BCUT2D eigenvalue weighted by molar-refractivity contribution is 9.10. The summed E-state index contributed by atoms with van der Waals surface area (Å²) in [6.45, 7) is 1.95. The first-order chi connectivity index (χ1) is 9.74. The van der Waals surface area contributed by atoms with Gasteiger partial charge >= 0.3 is 0 Å². The van der Waals surface area contributed by atoms with Gasteiger partial charge in [-0.3, -0.25) is 0 Å². The lowest BCUT2D eigenvalue weighted by atomic mass is 10.1. The standard InChI is InChI=1S/C15H13BrN4/c1-10(11-6-2-3-7-12(11)16)19-20-15-17-13-8-4-5-9-14(13)18-15/h2-9H,1H3,(H2,17,18,20)/b19-10+. The normalized spacial score (nSPS) is 11.8. The van der Waals surface area contributed by atoms with Crippen molar-refractivity contribution < 1.29 is 0 Å². The van der Waals surface area contributed by atoms with E-state index in [9.17, 15) is 0 Å². The van der Waals surface area contributed by atoms with E-state index in [1.807, 2.05) is 55.5 Å². The molecule has 0 saturated carbocycles. The van der Waals surface area contributed by atoms with Crippen LogP contribution in [-0.4, -0.2) is 15.7 Å². The molecule has 0 aliphatic rings. The summed E-state index contributed by atoms with van der Waals surface area (Å²) in [5.74, 6) is 0.637. The monoisotopic (exact) mass is 328 g/mol. The molecule has 0 unspecified atom stereocenters. The molecule has 1 aromatic heterocycles. The molecule has 0 aliphatic carbocycles. The molecular formula is C15H13BrN4. The molecule has 2 aromatic carbocycles. The smallest absolute Gasteiger partial charge is 0.222 e. The van der Waals surface area contributed by atoms with Crippen LogP contribution in [0.4, 0.5) is 5.95 Å². The number of hydrogen-bond acceptors (Lipinski definition) is 3. The maximum Gasteiger partial charge on any atom is 0.222 e. The van der Waals surface area contributed by atoms with Gasteiger partial charge in [-0.25, -0.2) is 10.4 Å². The van der Waals surface area contributed by atoms with Crippen LogP contribution in [-0.2, 0) is 0 Å². The lowest BCUT2D eigenvalue weighted by molar-refractivity contribution is 1.20. The number of para-hydroxylation sites is 2. The molecule has 3 aromatic rings. The summed E-state index contributed by atoms with van der Waals surface area (Å²) in [6, 6.07) is 15.9. The van der Waals surface area contributed by atoms with Gasteiger partial charge in [-0.05, 0) is 25.1 Å². The molecule has 3 rings (SSSR count). The van der Waals surface area contributed by atoms with Crippen molar-refractivity contribution in [3.63, 3.8) is 0 Å². The third-order valence-corrected chi connectivity index (χ3v) is 3.67. The zero-order valence-corrected chi connectivity index (χ0v) is 12.5. The van der Waals surface area contributed by atoms with Crippen LogP contribution in [0.1, 0.15) is 12.5 Å². The quantitative estimate of drug-likeness (QED) is 0.560. The Morgan fingerprint density at radius 3 is 2.70 bits per heavy atom. The predicted octanol–water partition coefficient (Wildman–Crippen LogP) is 4.16. The number of rotatable bonds is 3. The SMILES string of the molecule is C/C(=N\Nc1nc2ccccc2[nH]1)c1ccccc1Br. The number of imidazole rings is 1. The minimum Gasteiger partial charge on any atom is -0.323 e. The van der Waals surface area contributed by atoms with Crippen LogP contribution in [0.25, 0.3) is 11.0 Å². The van der Waals surface area contributed by atoms with Crippen LogP contribution in [0.3, 0.4) is 0 Å². The maximum atomic E-state index is 4.42. The molecule has 4 nitrogen and oxygen atoms in total. The molecule has 0 spiro atoms. The molecule has 0 fully saturated rings. The lowest BCUT2D eigenvalue weighted by Crippen LogP contribution is -2.01. The molecule has 0 bridgehead atoms. The van der Waals surface area contributed by atoms with Gasteiger partial charge in [0.1, 0.15) is 0 Å². The van der Waals surface area contributed by atoms with Crippen LogP contribution < -0.4 is 5.43 Å². The van der Waals surface area contributed by atoms with Gasteiger partial charge in [0.15, 0.2) is 0 Å². The number of nitrogens with one attached hydrogen (secondary N) is 2. The second-order valence-electron chi connectivity index (χ2n) is 4.39. The molecule has 1 heterocycles. The largest absolute Gasteiger partial charge is 0.323 e. The van der Waals surface area contributed by atoms with E-state index in [-0.39, 0.29) is 0 Å². The summed E-state index contributed by atoms with van der Waals surface area (Å²) in [5, 5.41) is 4.36. The number of hydrogen-bond donors (Lipinski definition) is 2. The minimum atomic E-state index is 0.637. The number of aromatic nitrogens is 2. The number of halogens is 1. The van der Waals surface area contributed by atoms with Crippen molar-refractivity contribution in [1.82, 2.24) is 9.97 Å². The van der Waals surface area contributed by atoms with Crippen molar-refractivity contribution in [3.05, 3.63) is 58.6 Å². The van der Waals surface area contributed by atoms with Crippen molar-refractivity contribution in [1.29, 1.82) is 0 Å². The topological polar surface area (TPSA) is 53.1 Å². The van der Waals surface area contributed by atoms with Crippen molar-refractivity contribution in [2.24, 2.45) is 5.10 Å². The fraction of sp³-hybridized carbons (Fsp3) is 0.0667. The van der Waals surface area contributed by atoms with Crippen LogP contribution in [0, 0.1) is 0 Å². The van der Waals surface area contributed by atoms with E-state index in [2.05, 4.69) is 36.4 Å². The van der Waals surface area contributed by atoms with E-state index in [1.165, 1.54) is 0 Å². The van der Waals surface area contributed by atoms with E-state index in [0.29, 0.717) is 5.95 Å². The number of benzene rings is 2. The fourth-order valence-corrected chi connectivity index (χ4v) is 2.53. The molecule has 0 amide bonds. The third-order valence-electron chi connectivity index (χ3n) is 2.98. The molecular weight excluding hydrogens is 316 g/mol. The Morgan fingerprint density at radius 2 is 1.90 bits per heavy atom. The highest BCUT2D eigenvalue weighted by Crippen LogP contribution is 2.17. The number of H-pyrrole nitrogens is 1. The molecule has 100 valence electrons. The average molecular weight is 329 g/mol. The zero-order valence-electron chi connectivity index (χ0n) is 10.9. The van der Waals surface area contributed by atoms with E-state index in [4.69, 9.17) is 0 Å². The summed E-state index contributed by atoms with van der Waals surface area (Å²) < 4.78 is 1.02. The van der Waals surface area contributed by atoms with Crippen molar-refractivity contribution >= 4 is 38.6 Å². The molecule has 0 saturated heterocycles. The number of aromatic amines is 1. The highest BCUT2D eigenvalue weighted by Gasteiger charge is 2.03. The predicted molar refractivity (Wildman–Crippen MR) is 86.1 cm³/mol. The summed E-state index contributed by atoms with van der Waals surface area (Å²) in [5.41, 5.74) is 6.81. The Bertz CT molecular complexity index is 743. The molecule has 0 radical (unpaired) electrons. The van der Waals surface area contributed by atoms with Crippen molar-refractivity contribution in [2.45, 2.75) is 6.92 Å². The van der Waals surface area contributed by atoms with E-state index in [0.717, 1.165) is 26.8 Å². The van der Waals surface area contributed by atoms with Gasteiger partial charge in [0.2, 0.25) is 5.95 Å². The summed E-state index contributed by atoms with van der Waals surface area (Å²) in [4.78, 5) is 7.59. The first kappa shape index (κ1) is 12.9. The summed E-state index contributed by atoms with van der Waals surface area (Å²) >= 11 is 3.52. The molecule has 0 atom stereocenters. The first-order valence-corrected chi connectivity index (χ1v) is 7.03. The van der Waals surface area contributed by atoms with Gasteiger partial charge in [-0.15, -0.1) is 0 Å². The molecule has 0 aliphatic heterocycles. The van der Waals surface area contributed by atoms with Crippen molar-refractivity contribution in [3.8, 4) is 0 Å². The number of hydrazone groups is 1. The highest BCUT2D eigenvalue weighted by atomic mass is 79.9. The second kappa shape index (κ2) is 5.46. The Balaban J connectivity index is 1.84. The number of nitrogens with zero attached hydrogens (tertiary/aromatic N) is 2. The Hall–Kier alpha value is -2.14. The van der Waals surface area contributed by atoms with Gasteiger partial charge in [0, 0.05) is 10.0 Å². The summed E-state index contributed by atoms with van der Waals surface area (Å²) in [6.07, 6.45) is 0. The van der Waals surface area contributed by atoms with E-state index < -0.39 is 0 Å². The zero-order chi connectivity index (χ0) is 13.9. The first-order valence-electron chi connectivity index (χ1n) is 6.24. The van der Waals surface area contributed by atoms with Gasteiger partial charge in [-0.1, -0.05) is 46.3 Å². The van der Waals surface area contributed by atoms with Gasteiger partial charge < -0.3 is 4.98 Å². The Kier molecular flexibility index (Phi) is 3.52. The minimum absolute atomic E-state index is 0.637. The third kappa shape index (κ3) is 2.58. The van der Waals surface area contributed by atoms with Crippen LogP contribution in [0.2, 0.25) is 0 Å². The Morgan fingerprint density at radius 1 is 1.15 bits per heavy atom. The lowest BCUT2D eigenvalue weighted by Gasteiger charge is -2.03. The second-order valence-corrected chi connectivity index (χ2v) is 5.25. The van der Waals surface area contributed by atoms with Crippen LogP contribution in [0.5, 0.6) is 0 Å². The fourth-order valence-electron chi connectivity index (χ4n) is 1.96. The van der Waals surface area contributed by atoms with Crippen molar-refractivity contribution in [2.75, 3.05) is 5.43 Å². The Labute approximate surface area is 125 Å². The number of anilines is 1. The van der Waals surface area contributed by atoms with Gasteiger partial charge in [0.05, 0.1) is 16.7 Å². The molecule has 5 heteroatoms. The van der Waals surface area contributed by atoms with Crippen LogP contribution >= 0.6 is 15.9 Å². The summed E-state index contributed by atoms with van der Waals surface area (Å²) in [7, 11) is 0. The van der Waals surface area contributed by atoms with Crippen LogP contribution in [0.15, 0.2) is 58.1 Å². The maximum absolute atomic E-state index is 4.42. The van der Waals surface area contributed by atoms with E-state index >= 15 is 0 Å². The van der Waals surface area contributed by atoms with Gasteiger partial charge in [-0.2, -0.15) is 5.10 Å². The number of fused-ring (bicyclic) bond motifs is 1. The van der Waals surface area contributed by atoms with E-state index in [1.54, 1.807) is 0 Å². The average Bonchev–Trinajstić information content (AvgIpc) is 2.88. The molecule has 20 heavy (non-hydrogen) atoms. The molecule has 2 N–H and O–H groups in total.